The Morgan fingerprint density at radius 2 is 2.30 bits per heavy atom. The van der Waals surface area contributed by atoms with Gasteiger partial charge in [-0.25, -0.2) is 4.98 Å². The van der Waals surface area contributed by atoms with Gasteiger partial charge in [-0.1, -0.05) is 30.0 Å². The molecule has 1 aliphatic rings. The van der Waals surface area contributed by atoms with Crippen molar-refractivity contribution in [3.63, 3.8) is 0 Å². The number of thiazole rings is 1. The Labute approximate surface area is 169 Å². The highest BCUT2D eigenvalue weighted by Crippen LogP contribution is 2.34. The zero-order valence-corrected chi connectivity index (χ0v) is 16.6. The third kappa shape index (κ3) is 4.65. The Balaban J connectivity index is 1.65. The van der Waals surface area contributed by atoms with E-state index in [0.29, 0.717) is 25.7 Å². The number of carbonyl (C=O) groups excluding carboxylic acids is 2. The van der Waals surface area contributed by atoms with Crippen LogP contribution in [0.25, 0.3) is 6.08 Å². The van der Waals surface area contributed by atoms with Crippen molar-refractivity contribution in [2.45, 2.75) is 6.42 Å². The summed E-state index contributed by atoms with van der Waals surface area (Å²) in [6, 6.07) is 4.80. The van der Waals surface area contributed by atoms with Crippen LogP contribution in [0.15, 0.2) is 34.7 Å². The van der Waals surface area contributed by atoms with E-state index in [4.69, 9.17) is 17.0 Å². The number of aromatic nitrogens is 1. The molecule has 1 aromatic carbocycles. The lowest BCUT2D eigenvalue weighted by Crippen LogP contribution is -2.31. The normalized spacial score (nSPS) is 15.4. The van der Waals surface area contributed by atoms with Gasteiger partial charge >= 0.3 is 0 Å². The summed E-state index contributed by atoms with van der Waals surface area (Å²) in [5, 5.41) is 14.6. The van der Waals surface area contributed by atoms with E-state index in [9.17, 15) is 14.7 Å². The van der Waals surface area contributed by atoms with Gasteiger partial charge in [0.05, 0.1) is 12.0 Å². The van der Waals surface area contributed by atoms with Gasteiger partial charge in [-0.2, -0.15) is 0 Å². The summed E-state index contributed by atoms with van der Waals surface area (Å²) in [4.78, 5) is 30.4. The molecule has 1 aromatic heterocycles. The number of phenolic OH excluding ortho intramolecular Hbond substituents is 1. The van der Waals surface area contributed by atoms with E-state index >= 15 is 0 Å². The van der Waals surface area contributed by atoms with Crippen LogP contribution >= 0.6 is 35.3 Å². The smallest absolute Gasteiger partial charge is 0.266 e. The fraction of sp³-hybridized carbons (Fsp3) is 0.176. The molecule has 0 atom stereocenters. The topological polar surface area (TPSA) is 91.8 Å². The molecule has 2 N–H and O–H groups in total. The maximum atomic E-state index is 12.6. The number of thioether (sulfide) groups is 1. The van der Waals surface area contributed by atoms with Crippen LogP contribution in [0.3, 0.4) is 0 Å². The van der Waals surface area contributed by atoms with E-state index in [1.54, 1.807) is 29.8 Å². The Morgan fingerprint density at radius 3 is 3.00 bits per heavy atom. The van der Waals surface area contributed by atoms with E-state index in [1.807, 2.05) is 0 Å². The molecule has 1 saturated heterocycles. The van der Waals surface area contributed by atoms with Crippen LogP contribution in [0.4, 0.5) is 5.13 Å². The molecule has 2 amide bonds. The van der Waals surface area contributed by atoms with Gasteiger partial charge in [0.2, 0.25) is 5.91 Å². The second kappa shape index (κ2) is 8.51. The van der Waals surface area contributed by atoms with E-state index in [-0.39, 0.29) is 30.5 Å². The summed E-state index contributed by atoms with van der Waals surface area (Å²) in [7, 11) is 1.45. The first kappa shape index (κ1) is 19.3. The number of benzene rings is 1. The summed E-state index contributed by atoms with van der Waals surface area (Å²) < 4.78 is 5.47. The first-order valence-electron chi connectivity index (χ1n) is 7.79. The van der Waals surface area contributed by atoms with Crippen molar-refractivity contribution >= 4 is 62.7 Å². The molecule has 0 spiro atoms. The lowest BCUT2D eigenvalue weighted by molar-refractivity contribution is -0.122. The highest BCUT2D eigenvalue weighted by atomic mass is 32.2. The number of hydrogen-bond donors (Lipinski definition) is 2. The van der Waals surface area contributed by atoms with Gasteiger partial charge in [0, 0.05) is 24.5 Å². The lowest BCUT2D eigenvalue weighted by Gasteiger charge is -2.13. The molecule has 1 aliphatic heterocycles. The van der Waals surface area contributed by atoms with E-state index < -0.39 is 0 Å². The Kier molecular flexibility index (Phi) is 6.09. The highest BCUT2D eigenvalue weighted by molar-refractivity contribution is 8.26. The molecule has 2 heterocycles. The molecular weight excluding hydrogens is 406 g/mol. The van der Waals surface area contributed by atoms with E-state index in [0.717, 1.165) is 0 Å². The van der Waals surface area contributed by atoms with Gasteiger partial charge in [0.25, 0.3) is 5.91 Å². The van der Waals surface area contributed by atoms with Crippen molar-refractivity contribution in [1.82, 2.24) is 9.88 Å². The number of carbonyl (C=O) groups is 2. The second-order valence-electron chi connectivity index (χ2n) is 5.40. The van der Waals surface area contributed by atoms with Gasteiger partial charge in [0.1, 0.15) is 4.32 Å². The van der Waals surface area contributed by atoms with Crippen molar-refractivity contribution < 1.29 is 19.4 Å². The third-order valence-electron chi connectivity index (χ3n) is 3.62. The maximum Gasteiger partial charge on any atom is 0.266 e. The maximum absolute atomic E-state index is 12.6. The zero-order valence-electron chi connectivity index (χ0n) is 14.2. The first-order valence-corrected chi connectivity index (χ1v) is 9.90. The minimum Gasteiger partial charge on any atom is -0.504 e. The molecule has 1 fully saturated rings. The summed E-state index contributed by atoms with van der Waals surface area (Å²) in [6.45, 7) is 0.193. The Bertz CT molecular complexity index is 912. The molecule has 140 valence electrons. The zero-order chi connectivity index (χ0) is 19.4. The molecular formula is C17H15N3O4S3. The standard InChI is InChI=1S/C17H15N3O4S3/c1-24-12-8-10(2-3-11(12)21)9-13-15(23)20(17(25)27-13)6-4-14(22)19-16-18-5-7-26-16/h2-3,5,7-9,21H,4,6H2,1H3,(H,18,19,22)/b13-9-. The minimum absolute atomic E-state index is 0.0217. The molecule has 0 aliphatic carbocycles. The molecule has 3 rings (SSSR count). The number of ether oxygens (including phenoxy) is 1. The molecule has 0 radical (unpaired) electrons. The van der Waals surface area contributed by atoms with E-state index in [1.165, 1.54) is 41.2 Å². The van der Waals surface area contributed by atoms with Crippen molar-refractivity contribution in [3.05, 3.63) is 40.2 Å². The lowest BCUT2D eigenvalue weighted by atomic mass is 10.2. The van der Waals surface area contributed by atoms with Crippen LogP contribution in [-0.4, -0.2) is 44.8 Å². The number of methoxy groups -OCH3 is 1. The molecule has 27 heavy (non-hydrogen) atoms. The predicted molar refractivity (Wildman–Crippen MR) is 110 cm³/mol. The third-order valence-corrected chi connectivity index (χ3v) is 5.68. The van der Waals surface area contributed by atoms with Crippen molar-refractivity contribution in [2.24, 2.45) is 0 Å². The van der Waals surface area contributed by atoms with Crippen LogP contribution in [0.5, 0.6) is 11.5 Å². The van der Waals surface area contributed by atoms with Crippen molar-refractivity contribution in [2.75, 3.05) is 19.0 Å². The summed E-state index contributed by atoms with van der Waals surface area (Å²) >= 11 is 7.77. The fourth-order valence-corrected chi connectivity index (χ4v) is 4.16. The summed E-state index contributed by atoms with van der Waals surface area (Å²) in [5.74, 6) is -0.142. The highest BCUT2D eigenvalue weighted by Gasteiger charge is 2.32. The number of aromatic hydroxyl groups is 1. The summed E-state index contributed by atoms with van der Waals surface area (Å²) in [6.07, 6.45) is 3.40. The number of nitrogens with one attached hydrogen (secondary N) is 1. The van der Waals surface area contributed by atoms with Gasteiger partial charge < -0.3 is 15.2 Å². The van der Waals surface area contributed by atoms with Crippen LogP contribution in [0.2, 0.25) is 0 Å². The average molecular weight is 422 g/mol. The quantitative estimate of drug-likeness (QED) is 0.547. The Morgan fingerprint density at radius 1 is 1.48 bits per heavy atom. The first-order chi connectivity index (χ1) is 13.0. The fourth-order valence-electron chi connectivity index (χ4n) is 2.31. The number of rotatable bonds is 6. The molecule has 0 saturated carbocycles. The van der Waals surface area contributed by atoms with Crippen LogP contribution in [-0.2, 0) is 9.59 Å². The van der Waals surface area contributed by atoms with Gasteiger partial charge in [0.15, 0.2) is 16.6 Å². The number of amides is 2. The predicted octanol–water partition coefficient (Wildman–Crippen LogP) is 3.09. The Hall–Kier alpha value is -2.43. The molecule has 2 aromatic rings. The number of nitrogens with zero attached hydrogens (tertiary/aromatic N) is 2. The monoisotopic (exact) mass is 421 g/mol. The largest absolute Gasteiger partial charge is 0.504 e. The van der Waals surface area contributed by atoms with Gasteiger partial charge in [-0.05, 0) is 23.8 Å². The van der Waals surface area contributed by atoms with Gasteiger partial charge in [-0.15, -0.1) is 11.3 Å². The number of phenols is 1. The molecule has 7 nitrogen and oxygen atoms in total. The van der Waals surface area contributed by atoms with Crippen molar-refractivity contribution in [3.8, 4) is 11.5 Å². The number of hydrogen-bond acceptors (Lipinski definition) is 8. The van der Waals surface area contributed by atoms with Crippen LogP contribution in [0.1, 0.15) is 12.0 Å². The summed E-state index contributed by atoms with van der Waals surface area (Å²) in [5.41, 5.74) is 0.701. The molecule has 10 heteroatoms. The van der Waals surface area contributed by atoms with Crippen LogP contribution < -0.4 is 10.1 Å². The van der Waals surface area contributed by atoms with Crippen LogP contribution in [0, 0.1) is 0 Å². The SMILES string of the molecule is COc1cc(/C=C2\SC(=S)N(CCC(=O)Nc3nccs3)C2=O)ccc1O. The molecule has 0 unspecified atom stereocenters. The second-order valence-corrected chi connectivity index (χ2v) is 7.97. The molecule has 0 bridgehead atoms. The minimum atomic E-state index is -0.251. The number of anilines is 1. The van der Waals surface area contributed by atoms with Gasteiger partial charge in [-0.3, -0.25) is 14.5 Å². The van der Waals surface area contributed by atoms with E-state index in [2.05, 4.69) is 10.3 Å². The number of thiocarbonyl (C=S) groups is 1. The van der Waals surface area contributed by atoms with Crippen molar-refractivity contribution in [1.29, 1.82) is 0 Å². The average Bonchev–Trinajstić information content (AvgIpc) is 3.23.